The molecule has 0 saturated carbocycles. The minimum atomic E-state index is -0.516. The van der Waals surface area contributed by atoms with Crippen molar-refractivity contribution in [2.75, 3.05) is 5.43 Å². The molecule has 3 rings (SSSR count). The van der Waals surface area contributed by atoms with E-state index in [0.29, 0.717) is 5.71 Å². The largest absolute Gasteiger partial charge is 0.320 e. The summed E-state index contributed by atoms with van der Waals surface area (Å²) in [5, 5.41) is 4.10. The van der Waals surface area contributed by atoms with Crippen molar-refractivity contribution in [2.24, 2.45) is 5.10 Å². The molecule has 0 fully saturated rings. The first kappa shape index (κ1) is 12.4. The number of hydrogen-bond donors (Lipinski definition) is 3. The van der Waals surface area contributed by atoms with Gasteiger partial charge in [0.2, 0.25) is 0 Å². The molecule has 0 aliphatic carbocycles. The molecule has 0 aromatic heterocycles. The number of carbonyl (C=O) groups excluding carboxylic acids is 1. The third-order valence-corrected chi connectivity index (χ3v) is 3.03. The molecule has 1 amide bonds. The number of anilines is 1. The zero-order valence-electron chi connectivity index (χ0n) is 10.7. The summed E-state index contributed by atoms with van der Waals surface area (Å²) in [6, 6.07) is 18.7. The number of benzene rings is 2. The molecule has 5 nitrogen and oxygen atoms in total. The van der Waals surface area contributed by atoms with Gasteiger partial charge in [-0.1, -0.05) is 48.5 Å². The van der Waals surface area contributed by atoms with Crippen LogP contribution in [0, 0.1) is 0 Å². The van der Waals surface area contributed by atoms with Gasteiger partial charge in [0.1, 0.15) is 0 Å². The average Bonchev–Trinajstić information content (AvgIpc) is 2.88. The van der Waals surface area contributed by atoms with E-state index < -0.39 is 6.04 Å². The Kier molecular flexibility index (Phi) is 3.43. The fourth-order valence-corrected chi connectivity index (χ4v) is 2.02. The van der Waals surface area contributed by atoms with Crippen LogP contribution in [0.2, 0.25) is 0 Å². The first-order chi connectivity index (χ1) is 9.84. The van der Waals surface area contributed by atoms with Crippen LogP contribution in [0.1, 0.15) is 5.56 Å². The minimum absolute atomic E-state index is 0.174. The number of hydrogen-bond acceptors (Lipinski definition) is 4. The van der Waals surface area contributed by atoms with Gasteiger partial charge in [-0.05, 0) is 17.7 Å². The van der Waals surface area contributed by atoms with Gasteiger partial charge in [0.15, 0.2) is 6.04 Å². The smallest absolute Gasteiger partial charge is 0.265 e. The third kappa shape index (κ3) is 2.53. The second-order valence-electron chi connectivity index (χ2n) is 4.41. The highest BCUT2D eigenvalue weighted by Gasteiger charge is 2.30. The molecule has 1 aliphatic rings. The van der Waals surface area contributed by atoms with Crippen molar-refractivity contribution < 1.29 is 4.79 Å². The summed E-state index contributed by atoms with van der Waals surface area (Å²) in [4.78, 5) is 11.9. The Hall–Kier alpha value is -2.66. The van der Waals surface area contributed by atoms with E-state index in [0.717, 1.165) is 11.3 Å². The average molecular weight is 266 g/mol. The van der Waals surface area contributed by atoms with Crippen LogP contribution in [0.3, 0.4) is 0 Å². The van der Waals surface area contributed by atoms with Crippen molar-refractivity contribution in [2.45, 2.75) is 6.04 Å². The fraction of sp³-hybridized carbons (Fsp3) is 0.0667. The van der Waals surface area contributed by atoms with Crippen LogP contribution in [-0.4, -0.2) is 17.7 Å². The molecule has 1 atom stereocenters. The zero-order valence-corrected chi connectivity index (χ0v) is 10.7. The molecule has 0 saturated heterocycles. The lowest BCUT2D eigenvalue weighted by molar-refractivity contribution is -0.120. The highest BCUT2D eigenvalue weighted by Crippen LogP contribution is 2.10. The van der Waals surface area contributed by atoms with Crippen molar-refractivity contribution >= 4 is 17.3 Å². The molecule has 2 aromatic rings. The quantitative estimate of drug-likeness (QED) is 0.735. The van der Waals surface area contributed by atoms with Gasteiger partial charge in [-0.2, -0.15) is 5.10 Å². The maximum Gasteiger partial charge on any atom is 0.265 e. The molecule has 1 aliphatic heterocycles. The number of para-hydroxylation sites is 1. The van der Waals surface area contributed by atoms with E-state index in [-0.39, 0.29) is 5.91 Å². The Labute approximate surface area is 116 Å². The van der Waals surface area contributed by atoms with Gasteiger partial charge in [0, 0.05) is 5.69 Å². The van der Waals surface area contributed by atoms with Crippen LogP contribution >= 0.6 is 0 Å². The molecular weight excluding hydrogens is 252 g/mol. The summed E-state index contributed by atoms with van der Waals surface area (Å²) in [6.45, 7) is 0. The predicted octanol–water partition coefficient (Wildman–Crippen LogP) is 1.51. The minimum Gasteiger partial charge on any atom is -0.320 e. The zero-order chi connectivity index (χ0) is 13.8. The van der Waals surface area contributed by atoms with E-state index in [9.17, 15) is 4.79 Å². The van der Waals surface area contributed by atoms with Gasteiger partial charge in [-0.15, -0.1) is 0 Å². The maximum atomic E-state index is 11.9. The standard InChI is InChI=1S/C15H14N4O/c20-15-14(18-16-12-9-5-2-6-10-12)13(17-19-15)11-7-3-1-4-8-11/h1-10,14,16,18H,(H,19,20). The van der Waals surface area contributed by atoms with Crippen LogP contribution in [0.4, 0.5) is 5.69 Å². The first-order valence-corrected chi connectivity index (χ1v) is 6.34. The number of rotatable bonds is 4. The predicted molar refractivity (Wildman–Crippen MR) is 78.1 cm³/mol. The lowest BCUT2D eigenvalue weighted by Crippen LogP contribution is -2.45. The highest BCUT2D eigenvalue weighted by molar-refractivity contribution is 6.19. The lowest BCUT2D eigenvalue weighted by atomic mass is 10.0. The number of hydrazone groups is 1. The molecule has 0 bridgehead atoms. The van der Waals surface area contributed by atoms with Crippen LogP contribution in [-0.2, 0) is 4.79 Å². The molecule has 3 N–H and O–H groups in total. The van der Waals surface area contributed by atoms with Crippen molar-refractivity contribution in [3.63, 3.8) is 0 Å². The van der Waals surface area contributed by atoms with Gasteiger partial charge in [-0.3, -0.25) is 4.79 Å². The normalized spacial score (nSPS) is 17.5. The van der Waals surface area contributed by atoms with Crippen molar-refractivity contribution in [3.8, 4) is 0 Å². The number of hydrazine groups is 1. The van der Waals surface area contributed by atoms with Gasteiger partial charge >= 0.3 is 0 Å². The number of nitrogens with one attached hydrogen (secondary N) is 3. The maximum absolute atomic E-state index is 11.9. The van der Waals surface area contributed by atoms with Gasteiger partial charge < -0.3 is 5.43 Å². The van der Waals surface area contributed by atoms with E-state index in [1.165, 1.54) is 0 Å². The lowest BCUT2D eigenvalue weighted by Gasteiger charge is -2.14. The molecule has 0 spiro atoms. The molecule has 0 radical (unpaired) electrons. The van der Waals surface area contributed by atoms with E-state index >= 15 is 0 Å². The van der Waals surface area contributed by atoms with Crippen molar-refractivity contribution in [3.05, 3.63) is 66.2 Å². The topological polar surface area (TPSA) is 65.5 Å². The van der Waals surface area contributed by atoms with Gasteiger partial charge in [0.25, 0.3) is 5.91 Å². The van der Waals surface area contributed by atoms with Crippen molar-refractivity contribution in [1.82, 2.24) is 10.9 Å². The van der Waals surface area contributed by atoms with Gasteiger partial charge in [0.05, 0.1) is 5.71 Å². The monoisotopic (exact) mass is 266 g/mol. The third-order valence-electron chi connectivity index (χ3n) is 3.03. The molecule has 20 heavy (non-hydrogen) atoms. The Balaban J connectivity index is 1.74. The molecule has 1 unspecified atom stereocenters. The fourth-order valence-electron chi connectivity index (χ4n) is 2.02. The Bertz CT molecular complexity index is 625. The van der Waals surface area contributed by atoms with Crippen LogP contribution < -0.4 is 16.3 Å². The summed E-state index contributed by atoms with van der Waals surface area (Å²) >= 11 is 0. The van der Waals surface area contributed by atoms with Crippen LogP contribution in [0.25, 0.3) is 0 Å². The summed E-state index contributed by atoms with van der Waals surface area (Å²) in [5.74, 6) is -0.174. The number of nitrogens with zero attached hydrogens (tertiary/aromatic N) is 1. The summed E-state index contributed by atoms with van der Waals surface area (Å²) in [5.41, 5.74) is 11.0. The second kappa shape index (κ2) is 5.54. The Morgan fingerprint density at radius 1 is 0.950 bits per heavy atom. The SMILES string of the molecule is O=C1NN=C(c2ccccc2)C1NNc1ccccc1. The highest BCUT2D eigenvalue weighted by atomic mass is 16.2. The number of carbonyl (C=O) groups is 1. The Morgan fingerprint density at radius 3 is 2.30 bits per heavy atom. The molecular formula is C15H14N4O. The number of amides is 1. The first-order valence-electron chi connectivity index (χ1n) is 6.34. The summed E-state index contributed by atoms with van der Waals surface area (Å²) in [7, 11) is 0. The molecule has 1 heterocycles. The molecule has 2 aromatic carbocycles. The Morgan fingerprint density at radius 2 is 1.60 bits per heavy atom. The van der Waals surface area contributed by atoms with E-state index in [1.54, 1.807) is 0 Å². The van der Waals surface area contributed by atoms with Gasteiger partial charge in [-0.25, -0.2) is 10.9 Å². The van der Waals surface area contributed by atoms with Crippen LogP contribution in [0.15, 0.2) is 65.8 Å². The summed E-state index contributed by atoms with van der Waals surface area (Å²) < 4.78 is 0. The van der Waals surface area contributed by atoms with E-state index in [2.05, 4.69) is 21.4 Å². The van der Waals surface area contributed by atoms with Crippen molar-refractivity contribution in [1.29, 1.82) is 0 Å². The van der Waals surface area contributed by atoms with E-state index in [4.69, 9.17) is 0 Å². The van der Waals surface area contributed by atoms with E-state index in [1.807, 2.05) is 60.7 Å². The molecule has 100 valence electrons. The second-order valence-corrected chi connectivity index (χ2v) is 4.41. The van der Waals surface area contributed by atoms with Crippen LogP contribution in [0.5, 0.6) is 0 Å². The summed E-state index contributed by atoms with van der Waals surface area (Å²) in [6.07, 6.45) is 0. The molecule has 5 heteroatoms.